The highest BCUT2D eigenvalue weighted by atomic mass is 16.5. The Balaban J connectivity index is 2.60. The molecule has 0 saturated heterocycles. The molecule has 0 radical (unpaired) electrons. The van der Waals surface area contributed by atoms with Crippen LogP contribution in [0.1, 0.15) is 16.7 Å². The van der Waals surface area contributed by atoms with Crippen LogP contribution < -0.4 is 10.2 Å². The highest BCUT2D eigenvalue weighted by Gasteiger charge is 2.18. The lowest BCUT2D eigenvalue weighted by atomic mass is 10.0. The molecule has 1 aromatic carbocycles. The van der Waals surface area contributed by atoms with Crippen LogP contribution >= 0.6 is 0 Å². The maximum Gasteiger partial charge on any atom is 0.192 e. The van der Waals surface area contributed by atoms with Crippen molar-refractivity contribution in [3.05, 3.63) is 39.2 Å². The second kappa shape index (κ2) is 3.36. The first-order valence-electron chi connectivity index (χ1n) is 5.86. The molecule has 0 bridgehead atoms. The third-order valence-corrected chi connectivity index (χ3v) is 3.58. The lowest BCUT2D eigenvalue weighted by Gasteiger charge is -2.23. The fraction of sp³-hybridized carbons (Fsp3) is 0.357. The lowest BCUT2D eigenvalue weighted by molar-refractivity contribution is 0.284. The molecule has 2 heterocycles. The van der Waals surface area contributed by atoms with E-state index in [0.717, 1.165) is 39.9 Å². The van der Waals surface area contributed by atoms with E-state index in [1.165, 1.54) is 0 Å². The van der Waals surface area contributed by atoms with Crippen LogP contribution in [0.25, 0.3) is 10.9 Å². The zero-order valence-electron chi connectivity index (χ0n) is 10.3. The summed E-state index contributed by atoms with van der Waals surface area (Å²) in [6.07, 6.45) is 1.94. The summed E-state index contributed by atoms with van der Waals surface area (Å²) in [5.74, 6) is 0.878. The Morgan fingerprint density at radius 3 is 2.76 bits per heavy atom. The first kappa shape index (κ1) is 10.4. The average molecular weight is 229 g/mol. The number of hydrogen-bond donors (Lipinski definition) is 0. The molecule has 3 rings (SSSR count). The van der Waals surface area contributed by atoms with Crippen molar-refractivity contribution in [2.75, 3.05) is 6.61 Å². The Kier molecular flexibility index (Phi) is 2.05. The summed E-state index contributed by atoms with van der Waals surface area (Å²) in [5.41, 5.74) is 4.12. The molecular formula is C14H15NO2. The van der Waals surface area contributed by atoms with Gasteiger partial charge in [0, 0.05) is 11.8 Å². The Labute approximate surface area is 99.6 Å². The van der Waals surface area contributed by atoms with Crippen molar-refractivity contribution in [3.63, 3.8) is 0 Å². The molecule has 0 aliphatic carbocycles. The molecule has 3 nitrogen and oxygen atoms in total. The topological polar surface area (TPSA) is 31.2 Å². The van der Waals surface area contributed by atoms with Crippen molar-refractivity contribution in [1.29, 1.82) is 0 Å². The van der Waals surface area contributed by atoms with Gasteiger partial charge in [0.05, 0.1) is 17.4 Å². The van der Waals surface area contributed by atoms with Gasteiger partial charge in [-0.05, 0) is 38.0 Å². The van der Waals surface area contributed by atoms with Crippen LogP contribution in [0.4, 0.5) is 0 Å². The van der Waals surface area contributed by atoms with Crippen molar-refractivity contribution in [1.82, 2.24) is 4.57 Å². The normalized spacial score (nSPS) is 13.8. The summed E-state index contributed by atoms with van der Waals surface area (Å²) in [6.45, 7) is 7.43. The molecule has 0 saturated carbocycles. The number of aryl methyl sites for hydroxylation is 2. The van der Waals surface area contributed by atoms with E-state index in [-0.39, 0.29) is 5.43 Å². The highest BCUT2D eigenvalue weighted by molar-refractivity contribution is 5.88. The smallest absolute Gasteiger partial charge is 0.192 e. The van der Waals surface area contributed by atoms with Crippen molar-refractivity contribution in [2.45, 2.75) is 27.3 Å². The maximum atomic E-state index is 12.2. The number of pyridine rings is 1. The molecular weight excluding hydrogens is 214 g/mol. The minimum absolute atomic E-state index is 0.117. The molecule has 0 unspecified atom stereocenters. The van der Waals surface area contributed by atoms with Gasteiger partial charge >= 0.3 is 0 Å². The van der Waals surface area contributed by atoms with E-state index in [4.69, 9.17) is 4.74 Å². The second-order valence-corrected chi connectivity index (χ2v) is 4.73. The Hall–Kier alpha value is -1.77. The summed E-state index contributed by atoms with van der Waals surface area (Å²) in [5, 5.41) is 0.780. The van der Waals surface area contributed by atoms with Crippen LogP contribution in [0.5, 0.6) is 5.75 Å². The van der Waals surface area contributed by atoms with Crippen LogP contribution in [0, 0.1) is 20.8 Å². The number of nitrogens with zero attached hydrogens (tertiary/aromatic N) is 1. The molecule has 1 aliphatic heterocycles. The predicted octanol–water partition coefficient (Wildman–Crippen LogP) is 2.32. The van der Waals surface area contributed by atoms with E-state index in [9.17, 15) is 4.79 Å². The van der Waals surface area contributed by atoms with Gasteiger partial charge in [0.1, 0.15) is 12.4 Å². The van der Waals surface area contributed by atoms with Crippen molar-refractivity contribution in [3.8, 4) is 5.75 Å². The lowest BCUT2D eigenvalue weighted by Crippen LogP contribution is -2.21. The van der Waals surface area contributed by atoms with Gasteiger partial charge < -0.3 is 9.30 Å². The molecule has 0 atom stereocenters. The summed E-state index contributed by atoms with van der Waals surface area (Å²) >= 11 is 0. The number of benzene rings is 1. The monoisotopic (exact) mass is 229 g/mol. The molecule has 1 aromatic heterocycles. The van der Waals surface area contributed by atoms with Gasteiger partial charge in [0.25, 0.3) is 0 Å². The summed E-state index contributed by atoms with van der Waals surface area (Å²) in [7, 11) is 0. The number of hydrogen-bond acceptors (Lipinski definition) is 2. The van der Waals surface area contributed by atoms with Gasteiger partial charge in [-0.1, -0.05) is 0 Å². The molecule has 88 valence electrons. The molecule has 0 fully saturated rings. The van der Waals surface area contributed by atoms with E-state index < -0.39 is 0 Å². The molecule has 1 aliphatic rings. The van der Waals surface area contributed by atoms with Crippen LogP contribution in [-0.2, 0) is 6.54 Å². The van der Waals surface area contributed by atoms with Crippen molar-refractivity contribution < 1.29 is 4.74 Å². The van der Waals surface area contributed by atoms with Gasteiger partial charge in [0.2, 0.25) is 0 Å². The molecule has 0 spiro atoms. The van der Waals surface area contributed by atoms with Gasteiger partial charge in [-0.2, -0.15) is 0 Å². The third-order valence-electron chi connectivity index (χ3n) is 3.58. The summed E-state index contributed by atoms with van der Waals surface area (Å²) in [4.78, 5) is 12.2. The Bertz CT molecular complexity index is 683. The van der Waals surface area contributed by atoms with Gasteiger partial charge in [0.15, 0.2) is 5.43 Å². The first-order valence-corrected chi connectivity index (χ1v) is 5.86. The van der Waals surface area contributed by atoms with E-state index in [0.29, 0.717) is 6.61 Å². The zero-order valence-corrected chi connectivity index (χ0v) is 10.3. The Morgan fingerprint density at radius 1 is 1.24 bits per heavy atom. The second-order valence-electron chi connectivity index (χ2n) is 4.73. The van der Waals surface area contributed by atoms with E-state index >= 15 is 0 Å². The van der Waals surface area contributed by atoms with Crippen LogP contribution in [0.2, 0.25) is 0 Å². The summed E-state index contributed by atoms with van der Waals surface area (Å²) < 4.78 is 7.88. The van der Waals surface area contributed by atoms with E-state index in [1.807, 2.05) is 33.0 Å². The minimum Gasteiger partial charge on any atom is -0.489 e. The number of ether oxygens (including phenoxy) is 1. The average Bonchev–Trinajstić information content (AvgIpc) is 2.31. The van der Waals surface area contributed by atoms with Gasteiger partial charge in [-0.3, -0.25) is 4.79 Å². The quantitative estimate of drug-likeness (QED) is 0.694. The van der Waals surface area contributed by atoms with Crippen molar-refractivity contribution >= 4 is 10.9 Å². The van der Waals surface area contributed by atoms with Crippen LogP contribution in [-0.4, -0.2) is 11.2 Å². The molecule has 17 heavy (non-hydrogen) atoms. The fourth-order valence-corrected chi connectivity index (χ4v) is 2.50. The highest BCUT2D eigenvalue weighted by Crippen LogP contribution is 2.33. The molecule has 2 aromatic rings. The Morgan fingerprint density at radius 2 is 2.00 bits per heavy atom. The summed E-state index contributed by atoms with van der Waals surface area (Å²) in [6, 6.07) is 1.98. The zero-order chi connectivity index (χ0) is 12.2. The van der Waals surface area contributed by atoms with Crippen LogP contribution in [0.3, 0.4) is 0 Å². The molecule has 0 amide bonds. The van der Waals surface area contributed by atoms with Gasteiger partial charge in [-0.25, -0.2) is 0 Å². The third kappa shape index (κ3) is 1.32. The predicted molar refractivity (Wildman–Crippen MR) is 67.9 cm³/mol. The van der Waals surface area contributed by atoms with E-state index in [1.54, 1.807) is 0 Å². The maximum absolute atomic E-state index is 12.2. The number of rotatable bonds is 0. The standard InChI is InChI=1S/C14H15NO2/c1-8-6-11-12-14(10(8)3)17-5-4-15(12)7-9(2)13(11)16/h6-7H,4-5H2,1-3H3. The van der Waals surface area contributed by atoms with E-state index in [2.05, 4.69) is 4.57 Å². The number of aromatic nitrogens is 1. The van der Waals surface area contributed by atoms with Gasteiger partial charge in [-0.15, -0.1) is 0 Å². The minimum atomic E-state index is 0.117. The van der Waals surface area contributed by atoms with Crippen LogP contribution in [0.15, 0.2) is 17.1 Å². The SMILES string of the molecule is Cc1cc2c(=O)c(C)cn3c2c(c1C)OCC3. The first-order chi connectivity index (χ1) is 8.09. The molecule has 3 heteroatoms. The van der Waals surface area contributed by atoms with Crippen molar-refractivity contribution in [2.24, 2.45) is 0 Å². The molecule has 0 N–H and O–H groups in total. The fourth-order valence-electron chi connectivity index (χ4n) is 2.50. The largest absolute Gasteiger partial charge is 0.489 e.